The summed E-state index contributed by atoms with van der Waals surface area (Å²) in [7, 11) is 1.85. The third kappa shape index (κ3) is 5.33. The van der Waals surface area contributed by atoms with E-state index in [0.717, 1.165) is 31.6 Å². The lowest BCUT2D eigenvalue weighted by atomic mass is 10.0. The summed E-state index contributed by atoms with van der Waals surface area (Å²) in [6.45, 7) is 8.57. The molecule has 0 radical (unpaired) electrons. The molecule has 0 aromatic heterocycles. The predicted molar refractivity (Wildman–Crippen MR) is 122 cm³/mol. The van der Waals surface area contributed by atoms with E-state index >= 15 is 0 Å². The highest BCUT2D eigenvalue weighted by Gasteiger charge is 2.40. The molecule has 1 aliphatic carbocycles. The molecule has 1 saturated heterocycles. The van der Waals surface area contributed by atoms with E-state index in [2.05, 4.69) is 31.0 Å². The van der Waals surface area contributed by atoms with Gasteiger partial charge in [-0.3, -0.25) is 10.8 Å². The fraction of sp³-hybridized carbons (Fsp3) is 0.565. The number of ether oxygens (including phenoxy) is 2. The van der Waals surface area contributed by atoms with Crippen molar-refractivity contribution in [2.24, 2.45) is 5.92 Å². The molecule has 164 valence electrons. The van der Waals surface area contributed by atoms with Crippen LogP contribution in [0.2, 0.25) is 0 Å². The molecule has 7 nitrogen and oxygen atoms in total. The molecule has 5 N–H and O–H groups in total. The number of nitrogens with one attached hydrogen (secondary N) is 3. The van der Waals surface area contributed by atoms with Crippen molar-refractivity contribution in [3.05, 3.63) is 35.7 Å². The van der Waals surface area contributed by atoms with Gasteiger partial charge in [-0.15, -0.1) is 0 Å². The highest BCUT2D eigenvalue weighted by molar-refractivity contribution is 6.50. The van der Waals surface area contributed by atoms with Gasteiger partial charge in [0, 0.05) is 30.9 Å². The van der Waals surface area contributed by atoms with Gasteiger partial charge in [-0.05, 0) is 50.3 Å². The fourth-order valence-electron chi connectivity index (χ4n) is 3.74. The number of anilines is 1. The van der Waals surface area contributed by atoms with Crippen LogP contribution in [0.3, 0.4) is 0 Å². The van der Waals surface area contributed by atoms with E-state index in [1.54, 1.807) is 18.2 Å². The van der Waals surface area contributed by atoms with Crippen LogP contribution in [0.25, 0.3) is 0 Å². The lowest BCUT2D eigenvalue weighted by Crippen LogP contribution is -2.48. The Labute approximate surface area is 179 Å². The van der Waals surface area contributed by atoms with E-state index in [-0.39, 0.29) is 23.1 Å². The van der Waals surface area contributed by atoms with Crippen LogP contribution in [0.4, 0.5) is 5.69 Å². The molecule has 1 saturated carbocycles. The molecule has 1 aliphatic heterocycles. The van der Waals surface area contributed by atoms with Crippen LogP contribution in [0.15, 0.2) is 30.1 Å². The molecule has 2 aliphatic rings. The maximum atomic E-state index is 8.59. The summed E-state index contributed by atoms with van der Waals surface area (Å²) in [5.74, 6) is 2.07. The van der Waals surface area contributed by atoms with Gasteiger partial charge < -0.3 is 25.4 Å². The molecular weight excluding hydrogens is 378 g/mol. The number of benzene rings is 1. The van der Waals surface area contributed by atoms with E-state index < -0.39 is 0 Å². The monoisotopic (exact) mass is 413 g/mol. The molecule has 1 atom stereocenters. The molecule has 30 heavy (non-hydrogen) atoms. The number of hydrogen-bond donors (Lipinski definition) is 4. The normalized spacial score (nSPS) is 20.8. The largest absolute Gasteiger partial charge is 0.488 e. The van der Waals surface area contributed by atoms with Crippen molar-refractivity contribution in [1.29, 1.82) is 10.8 Å². The van der Waals surface area contributed by atoms with Crippen molar-refractivity contribution in [2.75, 3.05) is 32.5 Å². The first kappa shape index (κ1) is 22.2. The smallest absolute Gasteiger partial charge is 0.120 e. The molecule has 0 bridgehead atoms. The Morgan fingerprint density at radius 3 is 2.77 bits per heavy atom. The average Bonchev–Trinajstić information content (AvgIpc) is 3.43. The third-order valence-corrected chi connectivity index (χ3v) is 5.70. The highest BCUT2D eigenvalue weighted by Crippen LogP contribution is 2.40. The summed E-state index contributed by atoms with van der Waals surface area (Å²) in [4.78, 5) is 2.25. The second kappa shape index (κ2) is 9.08. The van der Waals surface area contributed by atoms with Crippen molar-refractivity contribution in [3.63, 3.8) is 0 Å². The van der Waals surface area contributed by atoms with Crippen LogP contribution in [-0.2, 0) is 4.74 Å². The molecular formula is C23H35N5O2. The zero-order valence-electron chi connectivity index (χ0n) is 18.5. The molecule has 1 heterocycles. The predicted octanol–water partition coefficient (Wildman–Crippen LogP) is 3.40. The van der Waals surface area contributed by atoms with Crippen LogP contribution in [-0.4, -0.2) is 54.8 Å². The average molecular weight is 414 g/mol. The van der Waals surface area contributed by atoms with E-state index in [4.69, 9.17) is 26.0 Å². The Hall–Kier alpha value is -2.54. The summed E-state index contributed by atoms with van der Waals surface area (Å²) in [6.07, 6.45) is 4.79. The van der Waals surface area contributed by atoms with Crippen molar-refractivity contribution < 1.29 is 9.47 Å². The van der Waals surface area contributed by atoms with Gasteiger partial charge in [-0.1, -0.05) is 13.8 Å². The van der Waals surface area contributed by atoms with Gasteiger partial charge in [0.05, 0.1) is 30.7 Å². The fourth-order valence-corrected chi connectivity index (χ4v) is 3.74. The zero-order valence-corrected chi connectivity index (χ0v) is 18.5. The standard InChI is InChI=1S/C23H35N5O2/c1-15(2)11-16-14-29-10-9-28(16)21(27-4)13-20(25)22(26)18-12-17(5-6-19(18)24)30-23(3)7-8-23/h5-6,12-13,15-16,25-27H,7-11,14,24H2,1-4H3/b21-13+,25-20?,26-22?. The van der Waals surface area contributed by atoms with Gasteiger partial charge >= 0.3 is 0 Å². The third-order valence-electron chi connectivity index (χ3n) is 5.70. The Balaban J connectivity index is 1.79. The molecule has 3 rings (SSSR count). The zero-order chi connectivity index (χ0) is 21.9. The maximum absolute atomic E-state index is 8.59. The van der Waals surface area contributed by atoms with Gasteiger partial charge in [0.2, 0.25) is 0 Å². The van der Waals surface area contributed by atoms with E-state index in [1.165, 1.54) is 0 Å². The quantitative estimate of drug-likeness (QED) is 0.367. The molecule has 2 fully saturated rings. The van der Waals surface area contributed by atoms with Gasteiger partial charge in [-0.25, -0.2) is 0 Å². The van der Waals surface area contributed by atoms with Gasteiger partial charge in [0.25, 0.3) is 0 Å². The minimum atomic E-state index is -0.107. The van der Waals surface area contributed by atoms with Crippen LogP contribution in [0.5, 0.6) is 5.75 Å². The second-order valence-electron chi connectivity index (χ2n) is 8.92. The first-order valence-electron chi connectivity index (χ1n) is 10.7. The highest BCUT2D eigenvalue weighted by atomic mass is 16.5. The van der Waals surface area contributed by atoms with E-state index in [9.17, 15) is 0 Å². The number of nitrogens with zero attached hydrogens (tertiary/aromatic N) is 1. The summed E-state index contributed by atoms with van der Waals surface area (Å²) in [6, 6.07) is 5.61. The molecule has 1 aromatic rings. The molecule has 0 spiro atoms. The lowest BCUT2D eigenvalue weighted by molar-refractivity contribution is -0.000114. The van der Waals surface area contributed by atoms with Crippen molar-refractivity contribution >= 4 is 17.1 Å². The number of hydrogen-bond acceptors (Lipinski definition) is 7. The SMILES string of the molecule is CN/C(=C\C(=N)C(=N)c1cc(OC2(C)CC2)ccc1N)N1CCOCC1CC(C)C. The molecule has 7 heteroatoms. The Bertz CT molecular complexity index is 829. The minimum absolute atomic E-state index is 0.0836. The Morgan fingerprint density at radius 1 is 1.40 bits per heavy atom. The van der Waals surface area contributed by atoms with Gasteiger partial charge in [-0.2, -0.15) is 0 Å². The van der Waals surface area contributed by atoms with Gasteiger partial charge in [0.15, 0.2) is 0 Å². The van der Waals surface area contributed by atoms with E-state index in [0.29, 0.717) is 36.1 Å². The Kier molecular flexibility index (Phi) is 6.71. The number of nitrogens with two attached hydrogens (primary N) is 1. The molecule has 0 amide bonds. The minimum Gasteiger partial charge on any atom is -0.488 e. The van der Waals surface area contributed by atoms with Crippen molar-refractivity contribution in [1.82, 2.24) is 10.2 Å². The number of rotatable bonds is 9. The first-order valence-corrected chi connectivity index (χ1v) is 10.7. The van der Waals surface area contributed by atoms with Crippen LogP contribution in [0, 0.1) is 16.7 Å². The molecule has 1 aromatic carbocycles. The summed E-state index contributed by atoms with van der Waals surface area (Å²) < 4.78 is 11.7. The van der Waals surface area contributed by atoms with Crippen LogP contribution >= 0.6 is 0 Å². The number of nitrogen functional groups attached to an aromatic ring is 1. The molecule has 1 unspecified atom stereocenters. The first-order chi connectivity index (χ1) is 14.2. The summed E-state index contributed by atoms with van der Waals surface area (Å²) in [5.41, 5.74) is 7.21. The van der Waals surface area contributed by atoms with Crippen LogP contribution in [0.1, 0.15) is 45.6 Å². The van der Waals surface area contributed by atoms with Gasteiger partial charge in [0.1, 0.15) is 17.2 Å². The topological polar surface area (TPSA) is 107 Å². The maximum Gasteiger partial charge on any atom is 0.120 e. The number of morpholine rings is 1. The number of allylic oxidation sites excluding steroid dienone is 1. The van der Waals surface area contributed by atoms with Crippen molar-refractivity contribution in [2.45, 2.75) is 51.7 Å². The summed E-state index contributed by atoms with van der Waals surface area (Å²) in [5, 5.41) is 20.4. The van der Waals surface area contributed by atoms with E-state index in [1.807, 2.05) is 13.1 Å². The summed E-state index contributed by atoms with van der Waals surface area (Å²) >= 11 is 0. The second-order valence-corrected chi connectivity index (χ2v) is 8.92. The van der Waals surface area contributed by atoms with Crippen molar-refractivity contribution in [3.8, 4) is 5.75 Å². The Morgan fingerprint density at radius 2 is 2.13 bits per heavy atom. The van der Waals surface area contributed by atoms with Crippen LogP contribution < -0.4 is 15.8 Å². The lowest BCUT2D eigenvalue weighted by Gasteiger charge is -2.39.